The number of para-hydroxylation sites is 1. The number of fused-ring (bicyclic) bond motifs is 1. The molecule has 9 heteroatoms. The van der Waals surface area contributed by atoms with Crippen molar-refractivity contribution in [1.29, 1.82) is 0 Å². The minimum Gasteiger partial charge on any atom is -0.497 e. The Morgan fingerprint density at radius 2 is 1.71 bits per heavy atom. The molecule has 0 saturated heterocycles. The number of anilines is 1. The third-order valence-electron chi connectivity index (χ3n) is 5.56. The molecule has 0 radical (unpaired) electrons. The van der Waals surface area contributed by atoms with Gasteiger partial charge in [0, 0.05) is 17.0 Å². The third-order valence-corrected chi connectivity index (χ3v) is 5.56. The fourth-order valence-corrected chi connectivity index (χ4v) is 3.77. The summed E-state index contributed by atoms with van der Waals surface area (Å²) in [6.07, 6.45) is 1.36. The van der Waals surface area contributed by atoms with E-state index in [0.717, 1.165) is 22.0 Å². The first-order valence-corrected chi connectivity index (χ1v) is 11.0. The number of nitrogens with zero attached hydrogens (tertiary/aromatic N) is 3. The molecule has 0 aliphatic carbocycles. The fourth-order valence-electron chi connectivity index (χ4n) is 3.77. The van der Waals surface area contributed by atoms with Crippen LogP contribution in [0.5, 0.6) is 11.5 Å². The number of pyridine rings is 1. The molecule has 0 unspecified atom stereocenters. The van der Waals surface area contributed by atoms with Crippen molar-refractivity contribution in [2.45, 2.75) is 20.8 Å². The van der Waals surface area contributed by atoms with E-state index >= 15 is 0 Å². The normalized spacial score (nSPS) is 10.8. The summed E-state index contributed by atoms with van der Waals surface area (Å²) < 4.78 is 17.2. The van der Waals surface area contributed by atoms with Crippen molar-refractivity contribution in [1.82, 2.24) is 14.8 Å². The van der Waals surface area contributed by atoms with Gasteiger partial charge in [-0.1, -0.05) is 18.2 Å². The third kappa shape index (κ3) is 4.65. The molecule has 4 aromatic rings. The monoisotopic (exact) mass is 474 g/mol. The van der Waals surface area contributed by atoms with Gasteiger partial charge >= 0.3 is 5.97 Å². The molecule has 2 aromatic heterocycles. The van der Waals surface area contributed by atoms with Gasteiger partial charge < -0.3 is 19.5 Å². The first-order chi connectivity index (χ1) is 16.9. The minimum atomic E-state index is -0.606. The van der Waals surface area contributed by atoms with Gasteiger partial charge in [0.1, 0.15) is 17.1 Å². The van der Waals surface area contributed by atoms with Crippen molar-refractivity contribution in [2.24, 2.45) is 0 Å². The van der Waals surface area contributed by atoms with Crippen molar-refractivity contribution < 1.29 is 23.8 Å². The highest BCUT2D eigenvalue weighted by molar-refractivity contribution is 6.08. The van der Waals surface area contributed by atoms with Crippen LogP contribution in [0.1, 0.15) is 38.8 Å². The second-order valence-corrected chi connectivity index (χ2v) is 7.86. The number of amides is 1. The molecule has 180 valence electrons. The van der Waals surface area contributed by atoms with Crippen LogP contribution in [0.25, 0.3) is 16.7 Å². The fraction of sp³-hybridized carbons (Fsp3) is 0.231. The maximum absolute atomic E-state index is 13.3. The summed E-state index contributed by atoms with van der Waals surface area (Å²) >= 11 is 0. The summed E-state index contributed by atoms with van der Waals surface area (Å²) in [6.45, 7) is 5.84. The SMILES string of the molecule is CCOC(=O)c1cnn(-c2cc(C)c3cccc(C)c3n2)c1NC(=O)c1cc(OC)cc(OC)c1. The van der Waals surface area contributed by atoms with Gasteiger partial charge in [-0.05, 0) is 50.1 Å². The second-order valence-electron chi connectivity index (χ2n) is 7.86. The lowest BCUT2D eigenvalue weighted by Crippen LogP contribution is -2.18. The lowest BCUT2D eigenvalue weighted by atomic mass is 10.1. The van der Waals surface area contributed by atoms with Crippen LogP contribution < -0.4 is 14.8 Å². The van der Waals surface area contributed by atoms with Crippen LogP contribution in [0.4, 0.5) is 5.82 Å². The zero-order valence-corrected chi connectivity index (χ0v) is 20.2. The molecule has 35 heavy (non-hydrogen) atoms. The van der Waals surface area contributed by atoms with E-state index in [4.69, 9.17) is 19.2 Å². The Morgan fingerprint density at radius 1 is 1.00 bits per heavy atom. The predicted octanol–water partition coefficient (Wildman–Crippen LogP) is 4.48. The van der Waals surface area contributed by atoms with Gasteiger partial charge in [-0.25, -0.2) is 9.78 Å². The average molecular weight is 475 g/mol. The molecule has 0 atom stereocenters. The summed E-state index contributed by atoms with van der Waals surface area (Å²) in [5.41, 5.74) is 3.18. The molecular weight excluding hydrogens is 448 g/mol. The number of aromatic nitrogens is 3. The Labute approximate surface area is 202 Å². The van der Waals surface area contributed by atoms with E-state index in [9.17, 15) is 9.59 Å². The number of benzene rings is 2. The Balaban J connectivity index is 1.83. The van der Waals surface area contributed by atoms with Crippen LogP contribution in [-0.2, 0) is 4.74 Å². The van der Waals surface area contributed by atoms with Gasteiger partial charge in [-0.2, -0.15) is 9.78 Å². The van der Waals surface area contributed by atoms with Crippen LogP contribution in [0, 0.1) is 13.8 Å². The molecule has 0 bridgehead atoms. The van der Waals surface area contributed by atoms with Gasteiger partial charge in [-0.3, -0.25) is 4.79 Å². The highest BCUT2D eigenvalue weighted by atomic mass is 16.5. The zero-order valence-electron chi connectivity index (χ0n) is 20.2. The summed E-state index contributed by atoms with van der Waals surface area (Å²) in [6, 6.07) is 12.6. The van der Waals surface area contributed by atoms with Gasteiger partial charge in [-0.15, -0.1) is 0 Å². The molecule has 9 nitrogen and oxygen atoms in total. The number of ether oxygens (including phenoxy) is 3. The maximum atomic E-state index is 13.3. The van der Waals surface area contributed by atoms with E-state index < -0.39 is 11.9 Å². The largest absolute Gasteiger partial charge is 0.497 e. The number of hydrogen-bond donors (Lipinski definition) is 1. The Morgan fingerprint density at radius 3 is 2.37 bits per heavy atom. The van der Waals surface area contributed by atoms with Crippen molar-refractivity contribution in [3.05, 3.63) is 70.9 Å². The first kappa shape index (κ1) is 23.7. The summed E-state index contributed by atoms with van der Waals surface area (Å²) in [7, 11) is 3.00. The Hall–Kier alpha value is -4.40. The molecule has 2 heterocycles. The second kappa shape index (κ2) is 9.84. The molecule has 1 N–H and O–H groups in total. The highest BCUT2D eigenvalue weighted by Gasteiger charge is 2.23. The first-order valence-electron chi connectivity index (χ1n) is 11.0. The van der Waals surface area contributed by atoms with E-state index in [1.54, 1.807) is 25.1 Å². The number of methoxy groups -OCH3 is 2. The van der Waals surface area contributed by atoms with Crippen molar-refractivity contribution >= 4 is 28.6 Å². The van der Waals surface area contributed by atoms with Gasteiger partial charge in [0.05, 0.1) is 32.5 Å². The molecule has 0 saturated carbocycles. The molecular formula is C26H26N4O5. The number of carbonyl (C=O) groups excluding carboxylic acids is 2. The smallest absolute Gasteiger partial charge is 0.343 e. The lowest BCUT2D eigenvalue weighted by Gasteiger charge is -2.14. The van der Waals surface area contributed by atoms with Crippen LogP contribution >= 0.6 is 0 Å². The maximum Gasteiger partial charge on any atom is 0.343 e. The quantitative estimate of drug-likeness (QED) is 0.394. The van der Waals surface area contributed by atoms with E-state index in [0.29, 0.717) is 17.3 Å². The van der Waals surface area contributed by atoms with Crippen LogP contribution in [0.2, 0.25) is 0 Å². The number of rotatable bonds is 7. The minimum absolute atomic E-state index is 0.111. The summed E-state index contributed by atoms with van der Waals surface area (Å²) in [5.74, 6) is 0.425. The summed E-state index contributed by atoms with van der Waals surface area (Å²) in [5, 5.41) is 8.19. The van der Waals surface area contributed by atoms with E-state index in [1.165, 1.54) is 25.1 Å². The van der Waals surface area contributed by atoms with Crippen molar-refractivity contribution in [3.63, 3.8) is 0 Å². The molecule has 1 amide bonds. The highest BCUT2D eigenvalue weighted by Crippen LogP contribution is 2.28. The number of carbonyl (C=O) groups is 2. The molecule has 4 rings (SSSR count). The standard InChI is InChI=1S/C26H26N4O5/c1-6-35-26(32)21-14-27-30(22-10-16(3)20-9-7-8-15(2)23(20)28-22)24(21)29-25(31)17-11-18(33-4)13-19(12-17)34-5/h7-14H,6H2,1-5H3,(H,29,31). The predicted molar refractivity (Wildman–Crippen MR) is 132 cm³/mol. The number of nitrogens with one attached hydrogen (secondary N) is 1. The number of esters is 1. The molecule has 0 spiro atoms. The van der Waals surface area contributed by atoms with Crippen LogP contribution in [0.3, 0.4) is 0 Å². The Bertz CT molecular complexity index is 1400. The van der Waals surface area contributed by atoms with E-state index in [1.807, 2.05) is 38.1 Å². The molecule has 2 aromatic carbocycles. The zero-order chi connectivity index (χ0) is 25.1. The van der Waals surface area contributed by atoms with Gasteiger partial charge in [0.2, 0.25) is 0 Å². The molecule has 0 aliphatic rings. The number of aryl methyl sites for hydroxylation is 2. The van der Waals surface area contributed by atoms with E-state index in [-0.39, 0.29) is 23.6 Å². The van der Waals surface area contributed by atoms with Crippen molar-refractivity contribution in [3.8, 4) is 17.3 Å². The average Bonchev–Trinajstić information content (AvgIpc) is 3.27. The lowest BCUT2D eigenvalue weighted by molar-refractivity contribution is 0.0527. The molecule has 0 aliphatic heterocycles. The van der Waals surface area contributed by atoms with Gasteiger partial charge in [0.15, 0.2) is 11.6 Å². The number of hydrogen-bond acceptors (Lipinski definition) is 7. The van der Waals surface area contributed by atoms with Crippen molar-refractivity contribution in [2.75, 3.05) is 26.1 Å². The van der Waals surface area contributed by atoms with Gasteiger partial charge in [0.25, 0.3) is 5.91 Å². The summed E-state index contributed by atoms with van der Waals surface area (Å²) in [4.78, 5) is 30.7. The van der Waals surface area contributed by atoms with Crippen LogP contribution in [-0.4, -0.2) is 47.5 Å². The van der Waals surface area contributed by atoms with Crippen LogP contribution in [0.15, 0.2) is 48.7 Å². The molecule has 0 fully saturated rings. The van der Waals surface area contributed by atoms with E-state index in [2.05, 4.69) is 10.4 Å². The topological polar surface area (TPSA) is 105 Å². The Kier molecular flexibility index (Phi) is 6.68.